The van der Waals surface area contributed by atoms with Crippen LogP contribution in [0.1, 0.15) is 59.3 Å². The Kier molecular flexibility index (Phi) is 7.08. The van der Waals surface area contributed by atoms with Gasteiger partial charge in [-0.3, -0.25) is 9.59 Å². The molecule has 2 rings (SSSR count). The van der Waals surface area contributed by atoms with Crippen LogP contribution in [-0.2, 0) is 14.3 Å². The zero-order chi connectivity index (χ0) is 17.6. The lowest BCUT2D eigenvalue weighted by Gasteiger charge is -2.48. The highest BCUT2D eigenvalue weighted by molar-refractivity contribution is 5.78. The molecule has 2 aliphatic rings. The maximum atomic E-state index is 12.4. The first-order valence-corrected chi connectivity index (χ1v) is 9.59. The molecule has 2 heterocycles. The molecule has 0 N–H and O–H groups in total. The minimum Gasteiger partial charge on any atom is -0.381 e. The second-order valence-electron chi connectivity index (χ2n) is 7.86. The molecule has 5 nitrogen and oxygen atoms in total. The van der Waals surface area contributed by atoms with Crippen LogP contribution in [0.25, 0.3) is 0 Å². The van der Waals surface area contributed by atoms with Crippen LogP contribution in [0, 0.1) is 11.3 Å². The van der Waals surface area contributed by atoms with E-state index >= 15 is 0 Å². The molecule has 0 aromatic carbocycles. The lowest BCUT2D eigenvalue weighted by Crippen LogP contribution is -2.55. The molecule has 24 heavy (non-hydrogen) atoms. The molecular weight excluding hydrogens is 304 g/mol. The highest BCUT2D eigenvalue weighted by atomic mass is 16.5. The minimum absolute atomic E-state index is 0.115. The first kappa shape index (κ1) is 19.2. The Hall–Kier alpha value is -1.10. The summed E-state index contributed by atoms with van der Waals surface area (Å²) >= 11 is 0. The van der Waals surface area contributed by atoms with Crippen molar-refractivity contribution in [1.29, 1.82) is 0 Å². The summed E-state index contributed by atoms with van der Waals surface area (Å²) in [7, 11) is 0. The number of amides is 2. The normalized spacial score (nSPS) is 24.9. The van der Waals surface area contributed by atoms with Crippen LogP contribution in [0.4, 0.5) is 0 Å². The summed E-state index contributed by atoms with van der Waals surface area (Å²) in [5.74, 6) is 1.10. The van der Waals surface area contributed by atoms with Crippen molar-refractivity contribution in [2.45, 2.75) is 59.3 Å². The fourth-order valence-electron chi connectivity index (χ4n) is 3.94. The number of hydrogen-bond donors (Lipinski definition) is 0. The van der Waals surface area contributed by atoms with E-state index in [1.165, 1.54) is 0 Å². The zero-order valence-corrected chi connectivity index (χ0v) is 15.7. The Balaban J connectivity index is 1.93. The molecular formula is C19H34N2O3. The topological polar surface area (TPSA) is 49.9 Å². The van der Waals surface area contributed by atoms with E-state index in [1.54, 1.807) is 0 Å². The van der Waals surface area contributed by atoms with Crippen molar-refractivity contribution in [2.75, 3.05) is 39.4 Å². The van der Waals surface area contributed by atoms with Crippen molar-refractivity contribution >= 4 is 11.8 Å². The molecule has 1 spiro atoms. The summed E-state index contributed by atoms with van der Waals surface area (Å²) in [6.07, 6.45) is 5.28. The molecule has 2 amide bonds. The lowest BCUT2D eigenvalue weighted by molar-refractivity contribution is -0.143. The van der Waals surface area contributed by atoms with Crippen molar-refractivity contribution in [1.82, 2.24) is 9.80 Å². The maximum absolute atomic E-state index is 12.4. The van der Waals surface area contributed by atoms with Gasteiger partial charge in [-0.2, -0.15) is 0 Å². The number of rotatable bonds is 7. The largest absolute Gasteiger partial charge is 0.381 e. The fraction of sp³-hybridized carbons (Fsp3) is 0.895. The van der Waals surface area contributed by atoms with Crippen molar-refractivity contribution in [3.05, 3.63) is 0 Å². The Labute approximate surface area is 146 Å². The van der Waals surface area contributed by atoms with Crippen LogP contribution in [0.2, 0.25) is 0 Å². The Morgan fingerprint density at radius 2 is 2.08 bits per heavy atom. The second-order valence-corrected chi connectivity index (χ2v) is 7.86. The zero-order valence-electron chi connectivity index (χ0n) is 15.7. The number of piperidine rings is 2. The van der Waals surface area contributed by atoms with Gasteiger partial charge < -0.3 is 14.5 Å². The second kappa shape index (κ2) is 8.84. The van der Waals surface area contributed by atoms with Gasteiger partial charge in [0.2, 0.25) is 11.8 Å². The summed E-state index contributed by atoms with van der Waals surface area (Å²) in [6, 6.07) is 0. The van der Waals surface area contributed by atoms with Crippen LogP contribution in [0.3, 0.4) is 0 Å². The third-order valence-corrected chi connectivity index (χ3v) is 5.40. The first-order valence-electron chi connectivity index (χ1n) is 9.59. The summed E-state index contributed by atoms with van der Waals surface area (Å²) in [5.41, 5.74) is 0.115. The molecule has 0 saturated carbocycles. The Morgan fingerprint density at radius 1 is 1.29 bits per heavy atom. The summed E-state index contributed by atoms with van der Waals surface area (Å²) in [4.78, 5) is 28.7. The summed E-state index contributed by atoms with van der Waals surface area (Å²) < 4.78 is 5.32. The van der Waals surface area contributed by atoms with Crippen LogP contribution in [-0.4, -0.2) is 61.0 Å². The van der Waals surface area contributed by atoms with E-state index in [1.807, 2.05) is 11.8 Å². The molecule has 0 bridgehead atoms. The highest BCUT2D eigenvalue weighted by Crippen LogP contribution is 2.39. The van der Waals surface area contributed by atoms with Gasteiger partial charge >= 0.3 is 0 Å². The minimum atomic E-state index is 0.115. The van der Waals surface area contributed by atoms with E-state index < -0.39 is 0 Å². The van der Waals surface area contributed by atoms with Gasteiger partial charge in [-0.15, -0.1) is 0 Å². The first-order chi connectivity index (χ1) is 11.5. The van der Waals surface area contributed by atoms with Crippen LogP contribution >= 0.6 is 0 Å². The van der Waals surface area contributed by atoms with Gasteiger partial charge in [0, 0.05) is 44.6 Å². The number of carbonyl (C=O) groups excluding carboxylic acids is 2. The standard InChI is InChI=1S/C19H34N2O3/c1-4-24-13-8-18(23)20-11-5-9-19(14-20)10-6-17(22)21(15-19)12-7-16(2)3/h16H,4-15H2,1-3H3/t19-/m1/s1. The van der Waals surface area contributed by atoms with Gasteiger partial charge in [0.15, 0.2) is 0 Å². The smallest absolute Gasteiger partial charge is 0.224 e. The van der Waals surface area contributed by atoms with Gasteiger partial charge in [0.25, 0.3) is 0 Å². The number of carbonyl (C=O) groups is 2. The van der Waals surface area contributed by atoms with E-state index in [9.17, 15) is 9.59 Å². The molecule has 0 aromatic heterocycles. The number of nitrogens with zero attached hydrogens (tertiary/aromatic N) is 2. The SMILES string of the molecule is CCOCCC(=O)N1CCC[C@@]2(CCC(=O)N(CCC(C)C)C2)C1. The fourth-order valence-corrected chi connectivity index (χ4v) is 3.94. The van der Waals surface area contributed by atoms with Crippen LogP contribution in [0.5, 0.6) is 0 Å². The molecule has 1 atom stereocenters. The van der Waals surface area contributed by atoms with E-state index in [4.69, 9.17) is 4.74 Å². The molecule has 5 heteroatoms. The third kappa shape index (κ3) is 5.20. The van der Waals surface area contributed by atoms with Crippen molar-refractivity contribution in [3.63, 3.8) is 0 Å². The molecule has 138 valence electrons. The number of hydrogen-bond acceptors (Lipinski definition) is 3. The van der Waals surface area contributed by atoms with E-state index in [2.05, 4.69) is 18.7 Å². The molecule has 2 aliphatic heterocycles. The van der Waals surface area contributed by atoms with Crippen molar-refractivity contribution in [3.8, 4) is 0 Å². The number of ether oxygens (including phenoxy) is 1. The highest BCUT2D eigenvalue weighted by Gasteiger charge is 2.42. The predicted octanol–water partition coefficient (Wildman–Crippen LogP) is 2.69. The summed E-state index contributed by atoms with van der Waals surface area (Å²) in [6.45, 7) is 10.9. The number of likely N-dealkylation sites (tertiary alicyclic amines) is 2. The van der Waals surface area contributed by atoms with E-state index in [0.29, 0.717) is 37.9 Å². The third-order valence-electron chi connectivity index (χ3n) is 5.40. The van der Waals surface area contributed by atoms with Gasteiger partial charge in [0.1, 0.15) is 0 Å². The Morgan fingerprint density at radius 3 is 2.79 bits per heavy atom. The average Bonchev–Trinajstić information content (AvgIpc) is 2.56. The summed E-state index contributed by atoms with van der Waals surface area (Å²) in [5, 5.41) is 0. The molecule has 0 radical (unpaired) electrons. The molecule has 2 saturated heterocycles. The molecule has 0 aliphatic carbocycles. The van der Waals surface area contributed by atoms with Gasteiger partial charge in [-0.1, -0.05) is 13.8 Å². The van der Waals surface area contributed by atoms with Crippen molar-refractivity contribution < 1.29 is 14.3 Å². The van der Waals surface area contributed by atoms with Gasteiger partial charge in [-0.05, 0) is 38.5 Å². The van der Waals surface area contributed by atoms with E-state index in [-0.39, 0.29) is 11.3 Å². The van der Waals surface area contributed by atoms with Crippen molar-refractivity contribution in [2.24, 2.45) is 11.3 Å². The monoisotopic (exact) mass is 338 g/mol. The predicted molar refractivity (Wildman–Crippen MR) is 94.6 cm³/mol. The maximum Gasteiger partial charge on any atom is 0.224 e. The quantitative estimate of drug-likeness (QED) is 0.671. The van der Waals surface area contributed by atoms with Gasteiger partial charge in [-0.25, -0.2) is 0 Å². The lowest BCUT2D eigenvalue weighted by atomic mass is 9.73. The van der Waals surface area contributed by atoms with Crippen LogP contribution < -0.4 is 0 Å². The van der Waals surface area contributed by atoms with Gasteiger partial charge in [0.05, 0.1) is 13.0 Å². The van der Waals surface area contributed by atoms with E-state index in [0.717, 1.165) is 51.9 Å². The molecule has 0 aromatic rings. The van der Waals surface area contributed by atoms with Crippen LogP contribution in [0.15, 0.2) is 0 Å². The molecule has 2 fully saturated rings. The average molecular weight is 338 g/mol. The Bertz CT molecular complexity index is 438. The molecule has 0 unspecified atom stereocenters.